The smallest absolute Gasteiger partial charge is 0.267 e. The zero-order valence-corrected chi connectivity index (χ0v) is 13.3. The summed E-state index contributed by atoms with van der Waals surface area (Å²) in [5.41, 5.74) is 0.557. The maximum absolute atomic E-state index is 11.9. The van der Waals surface area contributed by atoms with E-state index in [9.17, 15) is 4.79 Å². The van der Waals surface area contributed by atoms with Gasteiger partial charge in [-0.05, 0) is 34.8 Å². The van der Waals surface area contributed by atoms with E-state index in [0.717, 1.165) is 29.1 Å². The van der Waals surface area contributed by atoms with Crippen molar-refractivity contribution in [1.29, 1.82) is 0 Å². The number of carbonyl (C=O) groups excluding carboxylic acids is 1. The molecule has 21 heavy (non-hydrogen) atoms. The first-order valence-corrected chi connectivity index (χ1v) is 8.06. The summed E-state index contributed by atoms with van der Waals surface area (Å²) in [5.74, 6) is 1.96. The first kappa shape index (κ1) is 14.3. The SMILES string of the molecule is O=C(NCCc1nnc2n1CCCCC2)c1cc(Br)c[nH]1. The number of aryl methyl sites for hydroxylation is 1. The molecule has 1 aliphatic heterocycles. The van der Waals surface area contributed by atoms with Gasteiger partial charge >= 0.3 is 0 Å². The van der Waals surface area contributed by atoms with Gasteiger partial charge in [-0.25, -0.2) is 0 Å². The Morgan fingerprint density at radius 2 is 2.29 bits per heavy atom. The Kier molecular flexibility index (Phi) is 4.38. The summed E-state index contributed by atoms with van der Waals surface area (Å²) >= 11 is 3.32. The maximum atomic E-state index is 11.9. The van der Waals surface area contributed by atoms with Crippen LogP contribution >= 0.6 is 15.9 Å². The summed E-state index contributed by atoms with van der Waals surface area (Å²) < 4.78 is 3.08. The number of hydrogen-bond donors (Lipinski definition) is 2. The second kappa shape index (κ2) is 6.43. The summed E-state index contributed by atoms with van der Waals surface area (Å²) in [6, 6.07) is 1.76. The van der Waals surface area contributed by atoms with Crippen molar-refractivity contribution in [2.24, 2.45) is 0 Å². The van der Waals surface area contributed by atoms with Gasteiger partial charge in [-0.3, -0.25) is 4.79 Å². The molecule has 2 aromatic heterocycles. The zero-order chi connectivity index (χ0) is 14.7. The average Bonchev–Trinajstić information content (AvgIpc) is 2.99. The van der Waals surface area contributed by atoms with Crippen LogP contribution in [-0.2, 0) is 19.4 Å². The number of amides is 1. The highest BCUT2D eigenvalue weighted by Gasteiger charge is 2.14. The van der Waals surface area contributed by atoms with E-state index in [1.54, 1.807) is 12.3 Å². The minimum Gasteiger partial charge on any atom is -0.356 e. The highest BCUT2D eigenvalue weighted by molar-refractivity contribution is 9.10. The van der Waals surface area contributed by atoms with Crippen LogP contribution in [0.3, 0.4) is 0 Å². The summed E-state index contributed by atoms with van der Waals surface area (Å²) in [7, 11) is 0. The molecule has 3 heterocycles. The molecule has 0 saturated heterocycles. The van der Waals surface area contributed by atoms with Gasteiger partial charge in [-0.2, -0.15) is 0 Å². The molecule has 0 fully saturated rings. The third kappa shape index (κ3) is 3.34. The van der Waals surface area contributed by atoms with Crippen molar-refractivity contribution in [1.82, 2.24) is 25.1 Å². The molecule has 2 aromatic rings. The summed E-state index contributed by atoms with van der Waals surface area (Å²) in [6.07, 6.45) is 7.09. The molecule has 0 aromatic carbocycles. The molecule has 112 valence electrons. The molecule has 0 spiro atoms. The van der Waals surface area contributed by atoms with E-state index in [0.29, 0.717) is 18.7 Å². The first-order valence-electron chi connectivity index (χ1n) is 7.27. The number of nitrogens with one attached hydrogen (secondary N) is 2. The van der Waals surface area contributed by atoms with Crippen molar-refractivity contribution in [3.63, 3.8) is 0 Å². The Bertz CT molecular complexity index is 633. The predicted octanol–water partition coefficient (Wildman–Crippen LogP) is 2.07. The van der Waals surface area contributed by atoms with E-state index in [-0.39, 0.29) is 5.91 Å². The number of hydrogen-bond acceptors (Lipinski definition) is 3. The van der Waals surface area contributed by atoms with Gasteiger partial charge in [0.15, 0.2) is 0 Å². The van der Waals surface area contributed by atoms with Crippen molar-refractivity contribution >= 4 is 21.8 Å². The first-order chi connectivity index (χ1) is 10.2. The van der Waals surface area contributed by atoms with E-state index in [1.807, 2.05) is 0 Å². The monoisotopic (exact) mass is 351 g/mol. The molecular weight excluding hydrogens is 334 g/mol. The Morgan fingerprint density at radius 1 is 1.38 bits per heavy atom. The Morgan fingerprint density at radius 3 is 3.10 bits per heavy atom. The molecule has 0 unspecified atom stereocenters. The lowest BCUT2D eigenvalue weighted by atomic mass is 10.2. The van der Waals surface area contributed by atoms with Gasteiger partial charge in [-0.1, -0.05) is 6.42 Å². The molecule has 2 N–H and O–H groups in total. The molecule has 0 radical (unpaired) electrons. The fourth-order valence-corrected chi connectivity index (χ4v) is 2.96. The number of nitrogens with zero attached hydrogens (tertiary/aromatic N) is 3. The number of carbonyl (C=O) groups is 1. The second-order valence-electron chi connectivity index (χ2n) is 5.23. The highest BCUT2D eigenvalue weighted by atomic mass is 79.9. The molecule has 3 rings (SSSR count). The lowest BCUT2D eigenvalue weighted by Crippen LogP contribution is -2.26. The topological polar surface area (TPSA) is 75.6 Å². The van der Waals surface area contributed by atoms with Crippen LogP contribution in [0.4, 0.5) is 0 Å². The molecule has 1 aliphatic rings. The van der Waals surface area contributed by atoms with Gasteiger partial charge in [0.05, 0.1) is 0 Å². The largest absolute Gasteiger partial charge is 0.356 e. The fraction of sp³-hybridized carbons (Fsp3) is 0.500. The van der Waals surface area contributed by atoms with Gasteiger partial charge in [0.1, 0.15) is 17.3 Å². The summed E-state index contributed by atoms with van der Waals surface area (Å²) in [5, 5.41) is 11.4. The molecule has 0 atom stereocenters. The van der Waals surface area contributed by atoms with E-state index < -0.39 is 0 Å². The van der Waals surface area contributed by atoms with Crippen molar-refractivity contribution in [2.45, 2.75) is 38.6 Å². The normalized spacial score (nSPS) is 14.5. The van der Waals surface area contributed by atoms with E-state index in [4.69, 9.17) is 0 Å². The molecule has 0 bridgehead atoms. The number of fused-ring (bicyclic) bond motifs is 1. The number of aromatic nitrogens is 4. The predicted molar refractivity (Wildman–Crippen MR) is 82.1 cm³/mol. The molecule has 1 amide bonds. The second-order valence-corrected chi connectivity index (χ2v) is 6.15. The summed E-state index contributed by atoms with van der Waals surface area (Å²) in [4.78, 5) is 14.8. The minimum atomic E-state index is -0.101. The molecular formula is C14H18BrN5O. The number of aromatic amines is 1. The number of halogens is 1. The lowest BCUT2D eigenvalue weighted by Gasteiger charge is -2.07. The van der Waals surface area contributed by atoms with E-state index in [1.165, 1.54) is 19.3 Å². The van der Waals surface area contributed by atoms with E-state index >= 15 is 0 Å². The van der Waals surface area contributed by atoms with Crippen LogP contribution in [0.1, 0.15) is 41.4 Å². The highest BCUT2D eigenvalue weighted by Crippen LogP contribution is 2.14. The van der Waals surface area contributed by atoms with Crippen LogP contribution in [0.2, 0.25) is 0 Å². The molecule has 6 nitrogen and oxygen atoms in total. The van der Waals surface area contributed by atoms with Gasteiger partial charge in [0, 0.05) is 36.6 Å². The Balaban J connectivity index is 1.56. The quantitative estimate of drug-likeness (QED) is 0.885. The summed E-state index contributed by atoms with van der Waals surface area (Å²) in [6.45, 7) is 1.56. The minimum absolute atomic E-state index is 0.101. The van der Waals surface area contributed by atoms with Crippen molar-refractivity contribution < 1.29 is 4.79 Å². The Labute approximate surface area is 131 Å². The molecule has 7 heteroatoms. The van der Waals surface area contributed by atoms with Crippen LogP contribution in [0.15, 0.2) is 16.7 Å². The third-order valence-electron chi connectivity index (χ3n) is 3.71. The number of rotatable bonds is 4. The van der Waals surface area contributed by atoms with Gasteiger partial charge in [-0.15, -0.1) is 10.2 Å². The van der Waals surface area contributed by atoms with Crippen LogP contribution < -0.4 is 5.32 Å². The van der Waals surface area contributed by atoms with Gasteiger partial charge in [0.25, 0.3) is 5.91 Å². The van der Waals surface area contributed by atoms with Crippen molar-refractivity contribution in [3.8, 4) is 0 Å². The maximum Gasteiger partial charge on any atom is 0.267 e. The fourth-order valence-electron chi connectivity index (χ4n) is 2.61. The van der Waals surface area contributed by atoms with Gasteiger partial charge in [0.2, 0.25) is 0 Å². The van der Waals surface area contributed by atoms with Crippen LogP contribution in [-0.4, -0.2) is 32.2 Å². The third-order valence-corrected chi connectivity index (χ3v) is 4.17. The average molecular weight is 352 g/mol. The van der Waals surface area contributed by atoms with Crippen LogP contribution in [0, 0.1) is 0 Å². The number of H-pyrrole nitrogens is 1. The van der Waals surface area contributed by atoms with Crippen molar-refractivity contribution in [3.05, 3.63) is 34.1 Å². The van der Waals surface area contributed by atoms with E-state index in [2.05, 4.69) is 41.0 Å². The van der Waals surface area contributed by atoms with Gasteiger partial charge < -0.3 is 14.9 Å². The molecule has 0 saturated carbocycles. The lowest BCUT2D eigenvalue weighted by molar-refractivity contribution is 0.0949. The Hall–Kier alpha value is -1.63. The molecule has 0 aliphatic carbocycles. The standard InChI is InChI=1S/C14H18BrN5O/c15-10-8-11(17-9-10)14(21)16-6-5-13-19-18-12-4-2-1-3-7-20(12)13/h8-9,17H,1-7H2,(H,16,21). The zero-order valence-electron chi connectivity index (χ0n) is 11.7. The van der Waals surface area contributed by atoms with Crippen LogP contribution in [0.5, 0.6) is 0 Å². The van der Waals surface area contributed by atoms with Crippen molar-refractivity contribution in [2.75, 3.05) is 6.54 Å². The van der Waals surface area contributed by atoms with Crippen LogP contribution in [0.25, 0.3) is 0 Å².